The van der Waals surface area contributed by atoms with Gasteiger partial charge in [-0.1, -0.05) is 6.42 Å². The number of ether oxygens (including phenoxy) is 1. The van der Waals surface area contributed by atoms with E-state index >= 15 is 0 Å². The molecule has 1 saturated carbocycles. The Bertz CT molecular complexity index is 1480. The number of amides is 2. The Labute approximate surface area is 250 Å². The number of piperazine rings is 1. The summed E-state index contributed by atoms with van der Waals surface area (Å²) in [6, 6.07) is 11.9. The highest BCUT2D eigenvalue weighted by atomic mass is 19.3. The summed E-state index contributed by atoms with van der Waals surface area (Å²) in [7, 11) is 0. The average Bonchev–Trinajstić information content (AvgIpc) is 3.39. The summed E-state index contributed by atoms with van der Waals surface area (Å²) in [5.74, 6) is -2.23. The van der Waals surface area contributed by atoms with Gasteiger partial charge in [0, 0.05) is 82.2 Å². The number of likely N-dealkylation sites (tertiary alicyclic amines) is 1. The quantitative estimate of drug-likeness (QED) is 0.446. The molecule has 7 rings (SSSR count). The van der Waals surface area contributed by atoms with E-state index in [0.29, 0.717) is 49.3 Å². The van der Waals surface area contributed by atoms with E-state index in [1.54, 1.807) is 12.3 Å². The van der Waals surface area contributed by atoms with E-state index in [-0.39, 0.29) is 37.7 Å². The molecule has 5 heterocycles. The number of alkyl halides is 2. The predicted octanol–water partition coefficient (Wildman–Crippen LogP) is 4.04. The molecule has 4 aliphatic rings. The highest BCUT2D eigenvalue weighted by molar-refractivity contribution is 6.03. The van der Waals surface area contributed by atoms with Gasteiger partial charge in [0.1, 0.15) is 11.5 Å². The van der Waals surface area contributed by atoms with Crippen LogP contribution in [0, 0.1) is 0 Å². The lowest BCUT2D eigenvalue weighted by Gasteiger charge is -2.42. The van der Waals surface area contributed by atoms with Crippen molar-refractivity contribution in [2.45, 2.75) is 44.1 Å². The number of benzene rings is 1. The van der Waals surface area contributed by atoms with Crippen molar-refractivity contribution >= 4 is 28.5 Å². The minimum Gasteiger partial charge on any atom is -0.378 e. The zero-order valence-electron chi connectivity index (χ0n) is 24.4. The molecule has 0 radical (unpaired) electrons. The summed E-state index contributed by atoms with van der Waals surface area (Å²) >= 11 is 0. The molecule has 2 aromatic heterocycles. The maximum absolute atomic E-state index is 13.9. The van der Waals surface area contributed by atoms with Crippen LogP contribution in [0.5, 0.6) is 0 Å². The van der Waals surface area contributed by atoms with E-state index in [1.807, 2.05) is 39.8 Å². The lowest BCUT2D eigenvalue weighted by atomic mass is 9.91. The molecule has 0 spiro atoms. The van der Waals surface area contributed by atoms with Crippen molar-refractivity contribution in [1.29, 1.82) is 0 Å². The molecule has 0 unspecified atom stereocenters. The van der Waals surface area contributed by atoms with Crippen LogP contribution >= 0.6 is 0 Å². The number of halogens is 2. The van der Waals surface area contributed by atoms with Crippen LogP contribution in [0.15, 0.2) is 42.6 Å². The van der Waals surface area contributed by atoms with Crippen LogP contribution in [0.4, 0.5) is 14.6 Å². The molecule has 0 atom stereocenters. The van der Waals surface area contributed by atoms with E-state index in [1.165, 1.54) is 24.2 Å². The van der Waals surface area contributed by atoms with Crippen LogP contribution < -0.4 is 4.90 Å². The molecule has 1 aromatic carbocycles. The average molecular weight is 593 g/mol. The van der Waals surface area contributed by atoms with Gasteiger partial charge in [-0.05, 0) is 49.2 Å². The molecule has 1 aliphatic carbocycles. The minimum absolute atomic E-state index is 0.00184. The van der Waals surface area contributed by atoms with Crippen LogP contribution in [0.2, 0.25) is 0 Å². The van der Waals surface area contributed by atoms with Crippen molar-refractivity contribution in [2.75, 3.05) is 70.5 Å². The molecule has 228 valence electrons. The normalized spacial score (nSPS) is 21.7. The molecule has 43 heavy (non-hydrogen) atoms. The summed E-state index contributed by atoms with van der Waals surface area (Å²) in [4.78, 5) is 40.1. The first-order chi connectivity index (χ1) is 20.9. The molecule has 3 saturated heterocycles. The summed E-state index contributed by atoms with van der Waals surface area (Å²) in [5.41, 5.74) is 2.42. The smallest absolute Gasteiger partial charge is 0.270 e. The third-order valence-electron chi connectivity index (χ3n) is 9.57. The molecule has 0 N–H and O–H groups in total. The van der Waals surface area contributed by atoms with Gasteiger partial charge in [0.05, 0.1) is 30.6 Å². The second kappa shape index (κ2) is 11.5. The maximum Gasteiger partial charge on any atom is 0.270 e. The van der Waals surface area contributed by atoms with E-state index in [9.17, 15) is 18.4 Å². The fourth-order valence-corrected chi connectivity index (χ4v) is 6.70. The number of nitrogens with zero attached hydrogens (tertiary/aromatic N) is 6. The minimum atomic E-state index is -2.75. The number of fused-ring (bicyclic) bond motifs is 1. The van der Waals surface area contributed by atoms with E-state index < -0.39 is 5.92 Å². The summed E-state index contributed by atoms with van der Waals surface area (Å²) in [5, 5.41) is 0.752. The fourth-order valence-electron chi connectivity index (χ4n) is 6.70. The van der Waals surface area contributed by atoms with Gasteiger partial charge in [0.15, 0.2) is 0 Å². The van der Waals surface area contributed by atoms with E-state index in [2.05, 4.69) is 9.80 Å². The maximum atomic E-state index is 13.9. The predicted molar refractivity (Wildman–Crippen MR) is 159 cm³/mol. The van der Waals surface area contributed by atoms with Gasteiger partial charge in [0.25, 0.3) is 17.7 Å². The summed E-state index contributed by atoms with van der Waals surface area (Å²) in [6.45, 7) is 6.02. The second-order valence-electron chi connectivity index (χ2n) is 12.2. The number of carbonyl (C=O) groups excluding carboxylic acids is 2. The Morgan fingerprint density at radius 3 is 2.21 bits per heavy atom. The molecule has 3 aliphatic heterocycles. The monoisotopic (exact) mass is 592 g/mol. The third-order valence-corrected chi connectivity index (χ3v) is 9.57. The number of pyridine rings is 1. The standard InChI is InChI=1S/C32H38F2N6O3/c33-32(34)8-10-38(11-9-32)31(42)28-21-24-20-23(30(41)39-14-12-36(13-15-39)25-2-1-3-25)4-6-27(24)40(28)26-5-7-29(35-22-26)37-16-18-43-19-17-37/h4-7,20-22,25H,1-3,8-19H2. The van der Waals surface area contributed by atoms with Crippen LogP contribution in [0.25, 0.3) is 16.6 Å². The first-order valence-electron chi connectivity index (χ1n) is 15.5. The topological polar surface area (TPSA) is 74.1 Å². The molecule has 3 aromatic rings. The lowest BCUT2D eigenvalue weighted by Crippen LogP contribution is -2.53. The highest BCUT2D eigenvalue weighted by Gasteiger charge is 2.37. The molecular weight excluding hydrogens is 554 g/mol. The third kappa shape index (κ3) is 5.60. The van der Waals surface area contributed by atoms with Gasteiger partial charge in [-0.3, -0.25) is 14.5 Å². The van der Waals surface area contributed by atoms with Gasteiger partial charge in [-0.25, -0.2) is 13.8 Å². The number of anilines is 1. The molecule has 9 nitrogen and oxygen atoms in total. The van der Waals surface area contributed by atoms with Crippen LogP contribution in [-0.2, 0) is 4.74 Å². The summed E-state index contributed by atoms with van der Waals surface area (Å²) < 4.78 is 35.1. The van der Waals surface area contributed by atoms with Crippen molar-refractivity contribution in [3.8, 4) is 5.69 Å². The van der Waals surface area contributed by atoms with Gasteiger partial charge in [0.2, 0.25) is 0 Å². The zero-order chi connectivity index (χ0) is 29.6. The Kier molecular flexibility index (Phi) is 7.54. The van der Waals surface area contributed by atoms with Gasteiger partial charge in [-0.15, -0.1) is 0 Å². The van der Waals surface area contributed by atoms with Crippen molar-refractivity contribution in [2.24, 2.45) is 0 Å². The number of aromatic nitrogens is 2. The first-order valence-corrected chi connectivity index (χ1v) is 15.5. The SMILES string of the molecule is O=C(c1ccc2c(c1)cc(C(=O)N1CCC(F)(F)CC1)n2-c1ccc(N2CCOCC2)nc1)N1CCN(C2CCC2)CC1. The number of piperidine rings is 1. The molecule has 0 bridgehead atoms. The van der Waals surface area contributed by atoms with Gasteiger partial charge >= 0.3 is 0 Å². The number of rotatable bonds is 5. The summed E-state index contributed by atoms with van der Waals surface area (Å²) in [6.07, 6.45) is 4.86. The van der Waals surface area contributed by atoms with Gasteiger partial charge in [-0.2, -0.15) is 0 Å². The van der Waals surface area contributed by atoms with Crippen molar-refractivity contribution < 1.29 is 23.1 Å². The number of carbonyl (C=O) groups is 2. The second-order valence-corrected chi connectivity index (χ2v) is 12.2. The van der Waals surface area contributed by atoms with E-state index in [0.717, 1.165) is 42.9 Å². The Balaban J connectivity index is 1.19. The van der Waals surface area contributed by atoms with Crippen molar-refractivity contribution in [3.63, 3.8) is 0 Å². The molecule has 2 amide bonds. The number of morpholine rings is 1. The first kappa shape index (κ1) is 28.2. The molecular formula is C32H38F2N6O3. The molecule has 11 heteroatoms. The Morgan fingerprint density at radius 2 is 1.56 bits per heavy atom. The van der Waals surface area contributed by atoms with Crippen LogP contribution in [-0.4, -0.2) is 114 Å². The van der Waals surface area contributed by atoms with Crippen LogP contribution in [0.3, 0.4) is 0 Å². The molecule has 4 fully saturated rings. The number of hydrogen-bond donors (Lipinski definition) is 0. The van der Waals surface area contributed by atoms with Crippen LogP contribution in [0.1, 0.15) is 53.0 Å². The lowest BCUT2D eigenvalue weighted by molar-refractivity contribution is -0.0495. The largest absolute Gasteiger partial charge is 0.378 e. The van der Waals surface area contributed by atoms with Crippen molar-refractivity contribution in [1.82, 2.24) is 24.3 Å². The number of hydrogen-bond acceptors (Lipinski definition) is 6. The fraction of sp³-hybridized carbons (Fsp3) is 0.531. The Hall–Kier alpha value is -3.57. The van der Waals surface area contributed by atoms with Crippen molar-refractivity contribution in [3.05, 3.63) is 53.9 Å². The zero-order valence-corrected chi connectivity index (χ0v) is 24.4. The van der Waals surface area contributed by atoms with E-state index in [4.69, 9.17) is 9.72 Å². The highest BCUT2D eigenvalue weighted by Crippen LogP contribution is 2.32. The Morgan fingerprint density at radius 1 is 0.837 bits per heavy atom. The van der Waals surface area contributed by atoms with Gasteiger partial charge < -0.3 is 24.0 Å².